The van der Waals surface area contributed by atoms with Crippen molar-refractivity contribution in [2.75, 3.05) is 5.73 Å². The van der Waals surface area contributed by atoms with Gasteiger partial charge in [0.05, 0.1) is 10.6 Å². The van der Waals surface area contributed by atoms with Crippen molar-refractivity contribution in [1.29, 1.82) is 0 Å². The number of nitrogen functional groups attached to an aromatic ring is 1. The highest BCUT2D eigenvalue weighted by Gasteiger charge is 2.08. The minimum atomic E-state index is -0.574. The van der Waals surface area contributed by atoms with Gasteiger partial charge in [0.1, 0.15) is 11.5 Å². The van der Waals surface area contributed by atoms with Crippen LogP contribution in [0.4, 0.5) is 5.69 Å². The van der Waals surface area contributed by atoms with Crippen molar-refractivity contribution in [3.63, 3.8) is 0 Å². The van der Waals surface area contributed by atoms with Gasteiger partial charge in [0, 0.05) is 17.8 Å². The van der Waals surface area contributed by atoms with Crippen molar-refractivity contribution in [3.05, 3.63) is 53.1 Å². The first-order valence-corrected chi connectivity index (χ1v) is 5.57. The molecule has 0 radical (unpaired) electrons. The number of nitrogens with two attached hydrogens (primary N) is 2. The maximum atomic E-state index is 11.0. The lowest BCUT2D eigenvalue weighted by Crippen LogP contribution is -2.11. The molecule has 1 amide bonds. The third kappa shape index (κ3) is 2.73. The Morgan fingerprint density at radius 1 is 1.11 bits per heavy atom. The second kappa shape index (κ2) is 4.98. The first kappa shape index (κ1) is 12.3. The molecule has 18 heavy (non-hydrogen) atoms. The fraction of sp³-hybridized carbons (Fsp3) is 0. The number of rotatable bonds is 3. The predicted octanol–water partition coefficient (Wildman–Crippen LogP) is 2.81. The maximum absolute atomic E-state index is 11.0. The van der Waals surface area contributed by atoms with Crippen molar-refractivity contribution in [1.82, 2.24) is 0 Å². The Kier molecular flexibility index (Phi) is 3.39. The molecule has 2 rings (SSSR count). The van der Waals surface area contributed by atoms with Crippen LogP contribution in [0.3, 0.4) is 0 Å². The number of amides is 1. The van der Waals surface area contributed by atoms with Crippen LogP contribution in [0.25, 0.3) is 0 Å². The van der Waals surface area contributed by atoms with E-state index in [1.807, 2.05) is 0 Å². The summed E-state index contributed by atoms with van der Waals surface area (Å²) in [5.41, 5.74) is 11.7. The van der Waals surface area contributed by atoms with Gasteiger partial charge in [-0.05, 0) is 24.3 Å². The van der Waals surface area contributed by atoms with Crippen LogP contribution in [0.15, 0.2) is 42.5 Å². The number of hydrogen-bond acceptors (Lipinski definition) is 3. The molecule has 0 bridgehead atoms. The van der Waals surface area contributed by atoms with E-state index in [9.17, 15) is 4.79 Å². The van der Waals surface area contributed by atoms with Gasteiger partial charge < -0.3 is 16.2 Å². The number of benzene rings is 2. The Morgan fingerprint density at radius 3 is 2.44 bits per heavy atom. The summed E-state index contributed by atoms with van der Waals surface area (Å²) >= 11 is 5.92. The van der Waals surface area contributed by atoms with Gasteiger partial charge >= 0.3 is 0 Å². The smallest absolute Gasteiger partial charge is 0.250 e. The van der Waals surface area contributed by atoms with E-state index >= 15 is 0 Å². The summed E-state index contributed by atoms with van der Waals surface area (Å²) in [5.74, 6) is 0.531. The molecule has 4 N–H and O–H groups in total. The summed E-state index contributed by atoms with van der Waals surface area (Å²) in [4.78, 5) is 11.0. The lowest BCUT2D eigenvalue weighted by molar-refractivity contribution is 0.100. The molecular formula is C13H11ClN2O2. The van der Waals surface area contributed by atoms with E-state index in [2.05, 4.69) is 0 Å². The number of primary amides is 1. The summed E-state index contributed by atoms with van der Waals surface area (Å²) in [7, 11) is 0. The van der Waals surface area contributed by atoms with Crippen LogP contribution in [-0.2, 0) is 0 Å². The molecule has 2 aromatic rings. The van der Waals surface area contributed by atoms with Gasteiger partial charge in [-0.2, -0.15) is 0 Å². The van der Waals surface area contributed by atoms with Crippen molar-refractivity contribution in [2.24, 2.45) is 5.73 Å². The zero-order valence-corrected chi connectivity index (χ0v) is 10.1. The summed E-state index contributed by atoms with van der Waals surface area (Å²) in [6.45, 7) is 0. The third-order valence-electron chi connectivity index (χ3n) is 2.30. The molecule has 2 aromatic carbocycles. The Balaban J connectivity index is 2.25. The summed E-state index contributed by atoms with van der Waals surface area (Å²) in [6, 6.07) is 11.7. The topological polar surface area (TPSA) is 78.3 Å². The van der Waals surface area contributed by atoms with Crippen molar-refractivity contribution >= 4 is 23.2 Å². The van der Waals surface area contributed by atoms with E-state index in [0.717, 1.165) is 0 Å². The largest absolute Gasteiger partial charge is 0.457 e. The van der Waals surface area contributed by atoms with Gasteiger partial charge in [0.15, 0.2) is 0 Å². The van der Waals surface area contributed by atoms with Crippen molar-refractivity contribution in [2.45, 2.75) is 0 Å². The van der Waals surface area contributed by atoms with Crippen LogP contribution >= 0.6 is 11.6 Å². The standard InChI is InChI=1S/C13H11ClN2O2/c14-12-7-10(4-5-11(12)13(16)17)18-9-3-1-2-8(15)6-9/h1-7H,15H2,(H2,16,17). The van der Waals surface area contributed by atoms with Gasteiger partial charge in [-0.3, -0.25) is 4.79 Å². The van der Waals surface area contributed by atoms with Crippen LogP contribution in [0.1, 0.15) is 10.4 Å². The molecule has 0 saturated carbocycles. The van der Waals surface area contributed by atoms with Crippen LogP contribution in [-0.4, -0.2) is 5.91 Å². The van der Waals surface area contributed by atoms with E-state index in [-0.39, 0.29) is 10.6 Å². The van der Waals surface area contributed by atoms with Gasteiger partial charge in [-0.15, -0.1) is 0 Å². The zero-order valence-electron chi connectivity index (χ0n) is 9.39. The maximum Gasteiger partial charge on any atom is 0.250 e. The number of halogens is 1. The van der Waals surface area contributed by atoms with Crippen LogP contribution < -0.4 is 16.2 Å². The fourth-order valence-corrected chi connectivity index (χ4v) is 1.74. The second-order valence-electron chi connectivity index (χ2n) is 3.68. The molecule has 0 aliphatic rings. The Labute approximate surface area is 109 Å². The summed E-state index contributed by atoms with van der Waals surface area (Å²) < 4.78 is 5.56. The molecule has 0 fully saturated rings. The molecule has 0 aliphatic carbocycles. The Bertz CT molecular complexity index is 599. The molecule has 0 aromatic heterocycles. The van der Waals surface area contributed by atoms with Crippen molar-refractivity contribution < 1.29 is 9.53 Å². The van der Waals surface area contributed by atoms with Crippen LogP contribution in [0, 0.1) is 0 Å². The monoisotopic (exact) mass is 262 g/mol. The average molecular weight is 263 g/mol. The highest BCUT2D eigenvalue weighted by atomic mass is 35.5. The SMILES string of the molecule is NC(=O)c1ccc(Oc2cccc(N)c2)cc1Cl. The number of hydrogen-bond donors (Lipinski definition) is 2. The minimum Gasteiger partial charge on any atom is -0.457 e. The first-order chi connectivity index (χ1) is 8.56. The molecule has 5 heteroatoms. The molecule has 0 spiro atoms. The Morgan fingerprint density at radius 2 is 1.83 bits per heavy atom. The fourth-order valence-electron chi connectivity index (χ4n) is 1.47. The van der Waals surface area contributed by atoms with Crippen molar-refractivity contribution in [3.8, 4) is 11.5 Å². The van der Waals surface area contributed by atoms with E-state index < -0.39 is 5.91 Å². The zero-order chi connectivity index (χ0) is 13.1. The summed E-state index contributed by atoms with van der Waals surface area (Å²) in [6.07, 6.45) is 0. The average Bonchev–Trinajstić information content (AvgIpc) is 2.28. The van der Waals surface area contributed by atoms with Gasteiger partial charge in [0.2, 0.25) is 5.91 Å². The Hall–Kier alpha value is -2.20. The highest BCUT2D eigenvalue weighted by Crippen LogP contribution is 2.27. The van der Waals surface area contributed by atoms with E-state index in [1.54, 1.807) is 30.3 Å². The van der Waals surface area contributed by atoms with E-state index in [4.69, 9.17) is 27.8 Å². The second-order valence-corrected chi connectivity index (χ2v) is 4.09. The van der Waals surface area contributed by atoms with Gasteiger partial charge in [0.25, 0.3) is 0 Å². The van der Waals surface area contributed by atoms with E-state index in [0.29, 0.717) is 17.2 Å². The molecule has 0 unspecified atom stereocenters. The molecular weight excluding hydrogens is 252 g/mol. The van der Waals surface area contributed by atoms with Gasteiger partial charge in [-0.1, -0.05) is 17.7 Å². The number of ether oxygens (including phenoxy) is 1. The minimum absolute atomic E-state index is 0.254. The first-order valence-electron chi connectivity index (χ1n) is 5.19. The summed E-state index contributed by atoms with van der Waals surface area (Å²) in [5, 5.41) is 0.254. The van der Waals surface area contributed by atoms with Crippen LogP contribution in [0.2, 0.25) is 5.02 Å². The lowest BCUT2D eigenvalue weighted by Gasteiger charge is -2.07. The third-order valence-corrected chi connectivity index (χ3v) is 2.61. The molecule has 0 aliphatic heterocycles. The molecule has 0 saturated heterocycles. The predicted molar refractivity (Wildman–Crippen MR) is 70.9 cm³/mol. The van der Waals surface area contributed by atoms with E-state index in [1.165, 1.54) is 12.1 Å². The quantitative estimate of drug-likeness (QED) is 0.835. The lowest BCUT2D eigenvalue weighted by atomic mass is 10.2. The normalized spacial score (nSPS) is 10.1. The molecule has 92 valence electrons. The number of anilines is 1. The molecule has 4 nitrogen and oxygen atoms in total. The number of carbonyl (C=O) groups excluding carboxylic acids is 1. The molecule has 0 heterocycles. The van der Waals surface area contributed by atoms with Gasteiger partial charge in [-0.25, -0.2) is 0 Å². The highest BCUT2D eigenvalue weighted by molar-refractivity contribution is 6.33. The molecule has 0 atom stereocenters. The number of carbonyl (C=O) groups is 1. The van der Waals surface area contributed by atoms with Crippen LogP contribution in [0.5, 0.6) is 11.5 Å².